The minimum absolute atomic E-state index is 0. The van der Waals surface area contributed by atoms with Crippen molar-refractivity contribution in [1.82, 2.24) is 0 Å². The van der Waals surface area contributed by atoms with Crippen LogP contribution in [0.25, 0.3) is 0 Å². The second-order valence-corrected chi connectivity index (χ2v) is 1.24. The largest absolute Gasteiger partial charge is 1.00 e. The Hall–Kier alpha value is 0.0800. The van der Waals surface area contributed by atoms with Crippen molar-refractivity contribution in [3.05, 3.63) is 24.2 Å². The third-order valence-electron chi connectivity index (χ3n) is 0.709. The van der Waals surface area contributed by atoms with E-state index in [-0.39, 0.29) is 35.3 Å². The van der Waals surface area contributed by atoms with Gasteiger partial charge in [-0.15, -0.1) is 5.76 Å². The molecule has 1 heterocycles. The van der Waals surface area contributed by atoms with Crippen LogP contribution >= 0.6 is 0 Å². The average molecular weight is 120 g/mol. The van der Waals surface area contributed by atoms with E-state index in [4.69, 9.17) is 0 Å². The van der Waals surface area contributed by atoms with Crippen LogP contribution in [0.2, 0.25) is 0 Å². The molecule has 0 aromatic rings. The number of hydrogen-bond donors (Lipinski definition) is 0. The Morgan fingerprint density at radius 1 is 1.62 bits per heavy atom. The molecule has 0 N–H and O–H groups in total. The standard InChI is InChI=1S/C5H6O2.Na/c6-5-1-3-7-4-2-5;/h1-3,6H,4H2;/q;+1/p-1. The molecule has 0 saturated heterocycles. The molecule has 0 radical (unpaired) electrons. The minimum Gasteiger partial charge on any atom is -0.873 e. The Morgan fingerprint density at radius 3 is 2.62 bits per heavy atom. The molecule has 1 aliphatic rings. The first-order valence-corrected chi connectivity index (χ1v) is 2.05. The maximum absolute atomic E-state index is 10.2. The van der Waals surface area contributed by atoms with Gasteiger partial charge in [0.15, 0.2) is 0 Å². The van der Waals surface area contributed by atoms with Crippen LogP contribution in [0, 0.1) is 0 Å². The van der Waals surface area contributed by atoms with Crippen molar-refractivity contribution in [2.24, 2.45) is 0 Å². The second-order valence-electron chi connectivity index (χ2n) is 1.24. The van der Waals surface area contributed by atoms with Crippen molar-refractivity contribution >= 4 is 0 Å². The molecule has 0 spiro atoms. The third kappa shape index (κ3) is 2.40. The quantitative estimate of drug-likeness (QED) is 0.315. The van der Waals surface area contributed by atoms with Gasteiger partial charge >= 0.3 is 29.6 Å². The van der Waals surface area contributed by atoms with Gasteiger partial charge in [-0.1, -0.05) is 6.08 Å². The van der Waals surface area contributed by atoms with Gasteiger partial charge in [-0.25, -0.2) is 0 Å². The van der Waals surface area contributed by atoms with Crippen molar-refractivity contribution in [2.45, 2.75) is 0 Å². The molecule has 38 valence electrons. The van der Waals surface area contributed by atoms with E-state index in [1.54, 1.807) is 0 Å². The summed E-state index contributed by atoms with van der Waals surface area (Å²) in [5.41, 5.74) is 0. The zero-order valence-corrected chi connectivity index (χ0v) is 6.76. The minimum atomic E-state index is 0. The number of ether oxygens (including phenoxy) is 1. The molecule has 0 saturated carbocycles. The van der Waals surface area contributed by atoms with E-state index in [0.29, 0.717) is 6.61 Å². The number of hydrogen-bond acceptors (Lipinski definition) is 2. The Bertz CT molecular complexity index is 118. The summed E-state index contributed by atoms with van der Waals surface area (Å²) in [7, 11) is 0. The Balaban J connectivity index is 0.000000490. The normalized spacial score (nSPS) is 15.8. The summed E-state index contributed by atoms with van der Waals surface area (Å²) >= 11 is 0. The van der Waals surface area contributed by atoms with Crippen LogP contribution in [0.1, 0.15) is 0 Å². The summed E-state index contributed by atoms with van der Waals surface area (Å²) in [4.78, 5) is 0. The Kier molecular flexibility index (Phi) is 4.05. The molecule has 3 heteroatoms. The SMILES string of the molecule is [Na+].[O-]C1=CCOC=C1. The molecule has 0 aromatic heterocycles. The first kappa shape index (κ1) is 8.08. The smallest absolute Gasteiger partial charge is 0.873 e. The molecule has 1 rings (SSSR count). The maximum Gasteiger partial charge on any atom is 1.00 e. The Morgan fingerprint density at radius 2 is 2.38 bits per heavy atom. The van der Waals surface area contributed by atoms with Crippen LogP contribution in [0.4, 0.5) is 0 Å². The zero-order chi connectivity index (χ0) is 5.11. The van der Waals surface area contributed by atoms with Crippen molar-refractivity contribution in [3.63, 3.8) is 0 Å². The van der Waals surface area contributed by atoms with Crippen LogP contribution in [0.3, 0.4) is 0 Å². The van der Waals surface area contributed by atoms with Crippen LogP contribution in [0.15, 0.2) is 24.2 Å². The van der Waals surface area contributed by atoms with E-state index in [0.717, 1.165) is 0 Å². The summed E-state index contributed by atoms with van der Waals surface area (Å²) in [6, 6.07) is 0. The fourth-order valence-corrected chi connectivity index (χ4v) is 0.369. The summed E-state index contributed by atoms with van der Waals surface area (Å²) in [5, 5.41) is 10.2. The number of rotatable bonds is 0. The fourth-order valence-electron chi connectivity index (χ4n) is 0.369. The van der Waals surface area contributed by atoms with Gasteiger partial charge in [-0.3, -0.25) is 0 Å². The first-order chi connectivity index (χ1) is 3.39. The fraction of sp³-hybridized carbons (Fsp3) is 0.200. The van der Waals surface area contributed by atoms with E-state index >= 15 is 0 Å². The molecule has 8 heavy (non-hydrogen) atoms. The van der Waals surface area contributed by atoms with Gasteiger partial charge in [-0.2, -0.15) is 0 Å². The van der Waals surface area contributed by atoms with Gasteiger partial charge in [0.2, 0.25) is 0 Å². The molecule has 0 atom stereocenters. The Labute approximate surface area is 70.1 Å². The monoisotopic (exact) mass is 120 g/mol. The summed E-state index contributed by atoms with van der Waals surface area (Å²) < 4.78 is 4.68. The number of allylic oxidation sites excluding steroid dienone is 1. The van der Waals surface area contributed by atoms with E-state index in [2.05, 4.69) is 4.74 Å². The van der Waals surface area contributed by atoms with Gasteiger partial charge in [0, 0.05) is 0 Å². The molecule has 0 bridgehead atoms. The van der Waals surface area contributed by atoms with E-state index in [1.165, 1.54) is 18.4 Å². The van der Waals surface area contributed by atoms with Gasteiger partial charge in [0.05, 0.1) is 6.26 Å². The topological polar surface area (TPSA) is 32.3 Å². The molecule has 2 nitrogen and oxygen atoms in total. The van der Waals surface area contributed by atoms with Gasteiger partial charge in [-0.05, 0) is 6.08 Å². The molecule has 0 unspecified atom stereocenters. The van der Waals surface area contributed by atoms with Crippen molar-refractivity contribution in [2.75, 3.05) is 6.61 Å². The van der Waals surface area contributed by atoms with Crippen LogP contribution in [-0.4, -0.2) is 6.61 Å². The zero-order valence-electron chi connectivity index (χ0n) is 4.76. The van der Waals surface area contributed by atoms with Crippen LogP contribution < -0.4 is 34.7 Å². The molecular weight excluding hydrogens is 115 g/mol. The average Bonchev–Trinajstić information content (AvgIpc) is 1.69. The molecule has 0 aliphatic carbocycles. The molecule has 0 aromatic carbocycles. The van der Waals surface area contributed by atoms with Gasteiger partial charge in [0.1, 0.15) is 6.61 Å². The van der Waals surface area contributed by atoms with Crippen molar-refractivity contribution in [1.29, 1.82) is 0 Å². The molecular formula is C5H5NaO2. The van der Waals surface area contributed by atoms with Crippen LogP contribution in [-0.2, 0) is 4.74 Å². The van der Waals surface area contributed by atoms with Gasteiger partial charge in [0.25, 0.3) is 0 Å². The molecule has 0 amide bonds. The predicted molar refractivity (Wildman–Crippen MR) is 23.2 cm³/mol. The maximum atomic E-state index is 10.2. The second kappa shape index (κ2) is 4.01. The molecule has 0 fully saturated rings. The van der Waals surface area contributed by atoms with E-state index in [1.807, 2.05) is 0 Å². The van der Waals surface area contributed by atoms with E-state index in [9.17, 15) is 5.11 Å². The summed E-state index contributed by atoms with van der Waals surface area (Å²) in [5.74, 6) is 0.0336. The first-order valence-electron chi connectivity index (χ1n) is 2.05. The van der Waals surface area contributed by atoms with Crippen molar-refractivity contribution < 1.29 is 39.4 Å². The summed E-state index contributed by atoms with van der Waals surface area (Å²) in [6.45, 7) is 0.426. The van der Waals surface area contributed by atoms with Crippen molar-refractivity contribution in [3.8, 4) is 0 Å². The predicted octanol–water partition coefficient (Wildman–Crippen LogP) is -3.22. The van der Waals surface area contributed by atoms with Gasteiger partial charge < -0.3 is 9.84 Å². The third-order valence-corrected chi connectivity index (χ3v) is 0.709. The van der Waals surface area contributed by atoms with Crippen LogP contribution in [0.5, 0.6) is 0 Å². The summed E-state index contributed by atoms with van der Waals surface area (Å²) in [6.07, 6.45) is 4.28. The van der Waals surface area contributed by atoms with E-state index < -0.39 is 0 Å². The molecule has 1 aliphatic heterocycles.